The van der Waals surface area contributed by atoms with Crippen molar-refractivity contribution in [2.75, 3.05) is 49.8 Å². The molecule has 5 rings (SSSR count). The third kappa shape index (κ3) is 15.3. The molecule has 2 aliphatic heterocycles. The Balaban J connectivity index is 0.00000612. The Hall–Kier alpha value is -2.97. The first-order valence-corrected chi connectivity index (χ1v) is 25.0. The van der Waals surface area contributed by atoms with Crippen LogP contribution in [0.15, 0.2) is 75.7 Å². The van der Waals surface area contributed by atoms with Crippen LogP contribution in [-0.4, -0.2) is 89.7 Å². The standard InChI is InChI=1S/C44H50F4N2O13S3.2Na/c1-43(2,3)32-25-29(62-37-24-28(13-15-31(32)37)49(20-21-61-5)18-8-22-64(52,53)54)10-6-11-38-44(4,17-7-12-39(51)63-42-40(47)34(45)27-35(46)41(42)48)33-26-30(66(58,59)60)14-16-36(33)50(38)19-9-23-65(55,56)57;;/h6,10-11,13-16,24-27H,7-9,12,17-23H2,1-5H3,(H2-,52,53,54,55,56,57,58,59,60);;/q;2*+1/p-2. The number of carbonyl (C=O) groups excluding carboxylic acids is 1. The summed E-state index contributed by atoms with van der Waals surface area (Å²) in [6.45, 7) is 8.42. The van der Waals surface area contributed by atoms with E-state index < -0.39 is 99.0 Å². The maximum absolute atomic E-state index is 14.3. The SMILES string of the molecule is COCC[N+](CCCS(=O)(=O)[O-])=c1ccc2c(C(C)(C)C)cc(/C=C/C=C3/N(CCCS(=O)(=O)[O-])c4ccc(S(=O)(=O)[O-])cc4C3(C)CCCC(=O)Oc3c(F)c(F)cc(F)c3F)oc-2c1.[Na+].[Na+]. The zero-order valence-electron chi connectivity index (χ0n) is 38.6. The first kappa shape index (κ1) is 59.3. The number of ether oxygens (including phenoxy) is 2. The van der Waals surface area contributed by atoms with Crippen molar-refractivity contribution in [3.05, 3.63) is 112 Å². The van der Waals surface area contributed by atoms with Crippen molar-refractivity contribution in [3.8, 4) is 17.1 Å². The van der Waals surface area contributed by atoms with Crippen molar-refractivity contribution in [3.63, 3.8) is 0 Å². The van der Waals surface area contributed by atoms with Crippen molar-refractivity contribution < 1.29 is 134 Å². The molecule has 2 aromatic rings. The summed E-state index contributed by atoms with van der Waals surface area (Å²) in [4.78, 5) is 13.9. The maximum Gasteiger partial charge on any atom is 1.00 e. The number of fused-ring (bicyclic) bond motifs is 2. The molecule has 24 heteroatoms. The topological polar surface area (TPSA) is 227 Å². The van der Waals surface area contributed by atoms with Crippen molar-refractivity contribution in [1.82, 2.24) is 4.58 Å². The smallest absolute Gasteiger partial charge is 0.748 e. The molecule has 0 aromatic heterocycles. The van der Waals surface area contributed by atoms with Crippen LogP contribution in [-0.2, 0) is 50.7 Å². The van der Waals surface area contributed by atoms with Gasteiger partial charge in [0.25, 0.3) is 0 Å². The fraction of sp³-hybridized carbons (Fsp3) is 0.409. The van der Waals surface area contributed by atoms with Crippen molar-refractivity contribution >= 4 is 48.1 Å². The van der Waals surface area contributed by atoms with Gasteiger partial charge in [0, 0.05) is 72.5 Å². The van der Waals surface area contributed by atoms with Crippen molar-refractivity contribution in [2.24, 2.45) is 0 Å². The van der Waals surface area contributed by atoms with Crippen LogP contribution in [0.25, 0.3) is 17.4 Å². The minimum atomic E-state index is -5.03. The minimum Gasteiger partial charge on any atom is -0.748 e. The third-order valence-corrected chi connectivity index (χ3v) is 13.4. The molecule has 1 unspecified atom stereocenters. The van der Waals surface area contributed by atoms with E-state index in [-0.39, 0.29) is 110 Å². The number of hydrogen-bond acceptors (Lipinski definition) is 14. The largest absolute Gasteiger partial charge is 1.00 e. The van der Waals surface area contributed by atoms with E-state index in [2.05, 4.69) is 4.74 Å². The second-order valence-electron chi connectivity index (χ2n) is 16.9. The van der Waals surface area contributed by atoms with Gasteiger partial charge in [0.15, 0.2) is 18.2 Å². The Morgan fingerprint density at radius 2 is 1.49 bits per heavy atom. The van der Waals surface area contributed by atoms with Gasteiger partial charge in [-0.05, 0) is 85.2 Å². The number of rotatable bonds is 19. The summed E-state index contributed by atoms with van der Waals surface area (Å²) in [5, 5.41) is 0.659. The zero-order chi connectivity index (χ0) is 49.0. The second-order valence-corrected chi connectivity index (χ2v) is 21.3. The van der Waals surface area contributed by atoms with Crippen LogP contribution < -0.4 is 78.7 Å². The van der Waals surface area contributed by atoms with Crippen LogP contribution in [0.5, 0.6) is 5.75 Å². The number of esters is 1. The summed E-state index contributed by atoms with van der Waals surface area (Å²) in [5.74, 6) is -10.8. The second kappa shape index (κ2) is 24.0. The molecule has 0 bridgehead atoms. The minimum absolute atomic E-state index is 0. The molecule has 2 aromatic carbocycles. The van der Waals surface area contributed by atoms with Crippen LogP contribution in [0, 0.1) is 23.3 Å². The molecule has 0 saturated heterocycles. The fourth-order valence-corrected chi connectivity index (χ4v) is 9.28. The van der Waals surface area contributed by atoms with E-state index in [0.29, 0.717) is 41.4 Å². The van der Waals surface area contributed by atoms with Crippen molar-refractivity contribution in [2.45, 2.75) is 75.5 Å². The average molecular weight is 1030 g/mol. The van der Waals surface area contributed by atoms with Gasteiger partial charge in [0.05, 0.1) is 31.2 Å². The third-order valence-electron chi connectivity index (χ3n) is 11.0. The van der Waals surface area contributed by atoms with E-state index in [1.165, 1.54) is 13.2 Å². The number of carbonyl (C=O) groups is 1. The Bertz CT molecular complexity index is 2920. The van der Waals surface area contributed by atoms with E-state index in [4.69, 9.17) is 9.15 Å². The molecule has 0 saturated carbocycles. The molecular formula is C44H48F4N2Na2O13S3. The van der Waals surface area contributed by atoms with Crippen LogP contribution in [0.3, 0.4) is 0 Å². The molecule has 2 heterocycles. The number of benzene rings is 3. The number of hydrogen-bond donors (Lipinski definition) is 0. The van der Waals surface area contributed by atoms with Gasteiger partial charge in [0.1, 0.15) is 34.8 Å². The van der Waals surface area contributed by atoms with E-state index in [9.17, 15) is 61.3 Å². The Morgan fingerprint density at radius 1 is 0.853 bits per heavy atom. The monoisotopic (exact) mass is 1030 g/mol. The van der Waals surface area contributed by atoms with Crippen LogP contribution in [0.1, 0.15) is 76.7 Å². The Morgan fingerprint density at radius 3 is 2.07 bits per heavy atom. The van der Waals surface area contributed by atoms with Crippen LogP contribution in [0.2, 0.25) is 0 Å². The van der Waals surface area contributed by atoms with Crippen molar-refractivity contribution in [1.29, 1.82) is 0 Å². The molecular weight excluding hydrogens is 983 g/mol. The van der Waals surface area contributed by atoms with Crippen LogP contribution in [0.4, 0.5) is 23.2 Å². The maximum atomic E-state index is 14.3. The van der Waals surface area contributed by atoms with E-state index >= 15 is 0 Å². The van der Waals surface area contributed by atoms with E-state index in [1.54, 1.807) is 36.1 Å². The average Bonchev–Trinajstić information content (AvgIpc) is 3.43. The number of anilines is 1. The van der Waals surface area contributed by atoms with Gasteiger partial charge >= 0.3 is 65.1 Å². The molecule has 0 radical (unpaired) electrons. The molecule has 15 nitrogen and oxygen atoms in total. The van der Waals surface area contributed by atoms with Gasteiger partial charge in [-0.25, -0.2) is 38.6 Å². The fourth-order valence-electron chi connectivity index (χ4n) is 7.81. The quantitative estimate of drug-likeness (QED) is 0.0227. The van der Waals surface area contributed by atoms with Crippen LogP contribution >= 0.6 is 0 Å². The summed E-state index contributed by atoms with van der Waals surface area (Å²) in [7, 11) is -12.6. The Kier molecular flexibility index (Phi) is 20.9. The number of halogens is 4. The predicted molar refractivity (Wildman–Crippen MR) is 231 cm³/mol. The molecule has 68 heavy (non-hydrogen) atoms. The molecule has 3 aliphatic rings. The summed E-state index contributed by atoms with van der Waals surface area (Å²) < 4.78 is 180. The molecule has 0 spiro atoms. The number of methoxy groups -OCH3 is 1. The predicted octanol–water partition coefficient (Wildman–Crippen LogP) is -0.109. The van der Waals surface area contributed by atoms with Gasteiger partial charge in [0.2, 0.25) is 22.7 Å². The van der Waals surface area contributed by atoms with Gasteiger partial charge in [-0.15, -0.1) is 0 Å². The molecule has 1 aliphatic carbocycles. The number of nitrogens with zero attached hydrogens (tertiary/aromatic N) is 2. The summed E-state index contributed by atoms with van der Waals surface area (Å²) >= 11 is 0. The molecule has 0 amide bonds. The molecule has 0 fully saturated rings. The molecule has 0 N–H and O–H groups in total. The summed E-state index contributed by atoms with van der Waals surface area (Å²) in [6, 6.07) is 10.8. The normalized spacial score (nSPS) is 16.5. The van der Waals surface area contributed by atoms with E-state index in [0.717, 1.165) is 23.3 Å². The van der Waals surface area contributed by atoms with Gasteiger partial charge in [-0.2, -0.15) is 8.78 Å². The first-order valence-electron chi connectivity index (χ1n) is 20.5. The first-order chi connectivity index (χ1) is 30.6. The number of allylic oxidation sites excluding steroid dienone is 3. The van der Waals surface area contributed by atoms with Gasteiger partial charge < -0.3 is 32.4 Å². The molecule has 1 atom stereocenters. The van der Waals surface area contributed by atoms with E-state index in [1.807, 2.05) is 43.5 Å². The Labute approximate surface area is 437 Å². The summed E-state index contributed by atoms with van der Waals surface area (Å²) in [6.07, 6.45) is 3.90. The molecule has 360 valence electrons. The zero-order valence-corrected chi connectivity index (χ0v) is 45.0. The van der Waals surface area contributed by atoms with Gasteiger partial charge in [-0.3, -0.25) is 4.79 Å². The summed E-state index contributed by atoms with van der Waals surface area (Å²) in [5.41, 5.74) is 0.876. The van der Waals surface area contributed by atoms with Gasteiger partial charge in [-0.1, -0.05) is 26.8 Å².